The SMILES string of the molecule is COC(=O)C(C)N=C[C@H]1CCC[C@@H](C)C1. The number of esters is 1. The summed E-state index contributed by atoms with van der Waals surface area (Å²) >= 11 is 0. The van der Waals surface area contributed by atoms with E-state index in [1.54, 1.807) is 6.92 Å². The Morgan fingerprint density at radius 3 is 2.87 bits per heavy atom. The highest BCUT2D eigenvalue weighted by molar-refractivity contribution is 5.77. The quantitative estimate of drug-likeness (QED) is 0.531. The van der Waals surface area contributed by atoms with E-state index in [1.807, 2.05) is 6.21 Å². The largest absolute Gasteiger partial charge is 0.467 e. The Labute approximate surface area is 91.9 Å². The molecule has 0 bridgehead atoms. The molecule has 0 saturated heterocycles. The fourth-order valence-electron chi connectivity index (χ4n) is 2.10. The average molecular weight is 211 g/mol. The molecular weight excluding hydrogens is 190 g/mol. The molecule has 86 valence electrons. The average Bonchev–Trinajstić information content (AvgIpc) is 2.25. The number of rotatable bonds is 3. The van der Waals surface area contributed by atoms with E-state index in [1.165, 1.54) is 32.8 Å². The van der Waals surface area contributed by atoms with E-state index in [4.69, 9.17) is 0 Å². The fraction of sp³-hybridized carbons (Fsp3) is 0.833. The molecule has 0 aromatic heterocycles. The van der Waals surface area contributed by atoms with Gasteiger partial charge in [-0.15, -0.1) is 0 Å². The van der Waals surface area contributed by atoms with Crippen LogP contribution < -0.4 is 0 Å². The molecule has 1 aliphatic rings. The lowest BCUT2D eigenvalue weighted by Crippen LogP contribution is -2.19. The molecule has 1 rings (SSSR count). The molecule has 0 amide bonds. The predicted molar refractivity (Wildman–Crippen MR) is 61.1 cm³/mol. The smallest absolute Gasteiger partial charge is 0.330 e. The van der Waals surface area contributed by atoms with E-state index < -0.39 is 0 Å². The summed E-state index contributed by atoms with van der Waals surface area (Å²) in [6.07, 6.45) is 6.98. The van der Waals surface area contributed by atoms with E-state index in [0.29, 0.717) is 5.92 Å². The Hall–Kier alpha value is -0.860. The second kappa shape index (κ2) is 5.89. The number of aliphatic imine (C=N–C) groups is 1. The van der Waals surface area contributed by atoms with E-state index in [2.05, 4.69) is 16.7 Å². The van der Waals surface area contributed by atoms with Crippen LogP contribution in [0.15, 0.2) is 4.99 Å². The third kappa shape index (κ3) is 4.02. The van der Waals surface area contributed by atoms with Crippen LogP contribution >= 0.6 is 0 Å². The number of hydrogen-bond donors (Lipinski definition) is 0. The van der Waals surface area contributed by atoms with Gasteiger partial charge < -0.3 is 4.74 Å². The van der Waals surface area contributed by atoms with Gasteiger partial charge in [-0.3, -0.25) is 4.99 Å². The van der Waals surface area contributed by atoms with Gasteiger partial charge in [-0.1, -0.05) is 19.8 Å². The first kappa shape index (κ1) is 12.2. The maximum Gasteiger partial charge on any atom is 0.330 e. The second-order valence-electron chi connectivity index (χ2n) is 4.53. The molecule has 15 heavy (non-hydrogen) atoms. The van der Waals surface area contributed by atoms with Gasteiger partial charge in [0.2, 0.25) is 0 Å². The zero-order valence-electron chi connectivity index (χ0n) is 9.90. The molecule has 0 aliphatic heterocycles. The molecule has 1 unspecified atom stereocenters. The van der Waals surface area contributed by atoms with Crippen molar-refractivity contribution in [3.8, 4) is 0 Å². The van der Waals surface area contributed by atoms with Gasteiger partial charge in [0.15, 0.2) is 0 Å². The van der Waals surface area contributed by atoms with Crippen molar-refractivity contribution in [2.24, 2.45) is 16.8 Å². The van der Waals surface area contributed by atoms with Gasteiger partial charge in [0.25, 0.3) is 0 Å². The van der Waals surface area contributed by atoms with Crippen LogP contribution in [-0.2, 0) is 9.53 Å². The highest BCUT2D eigenvalue weighted by Gasteiger charge is 2.18. The maximum atomic E-state index is 11.1. The van der Waals surface area contributed by atoms with Crippen molar-refractivity contribution in [3.63, 3.8) is 0 Å². The van der Waals surface area contributed by atoms with Crippen molar-refractivity contribution in [3.05, 3.63) is 0 Å². The number of carbonyl (C=O) groups excluding carboxylic acids is 1. The molecule has 3 heteroatoms. The summed E-state index contributed by atoms with van der Waals surface area (Å²) in [5.41, 5.74) is 0. The lowest BCUT2D eigenvalue weighted by atomic mass is 9.83. The van der Waals surface area contributed by atoms with Gasteiger partial charge in [-0.25, -0.2) is 4.79 Å². The molecule has 1 fully saturated rings. The molecule has 0 radical (unpaired) electrons. The van der Waals surface area contributed by atoms with Gasteiger partial charge in [-0.2, -0.15) is 0 Å². The highest BCUT2D eigenvalue weighted by Crippen LogP contribution is 2.27. The van der Waals surface area contributed by atoms with Crippen molar-refractivity contribution in [2.45, 2.75) is 45.6 Å². The molecule has 0 heterocycles. The van der Waals surface area contributed by atoms with E-state index in [9.17, 15) is 4.79 Å². The lowest BCUT2D eigenvalue weighted by Gasteiger charge is -2.23. The van der Waals surface area contributed by atoms with Crippen LogP contribution in [0.4, 0.5) is 0 Å². The molecule has 0 spiro atoms. The van der Waals surface area contributed by atoms with Crippen LogP contribution in [0.1, 0.15) is 39.5 Å². The Kier molecular flexibility index (Phi) is 4.79. The minimum atomic E-state index is -0.354. The second-order valence-corrected chi connectivity index (χ2v) is 4.53. The summed E-state index contributed by atoms with van der Waals surface area (Å²) < 4.78 is 4.62. The summed E-state index contributed by atoms with van der Waals surface area (Å²) in [4.78, 5) is 15.4. The zero-order valence-corrected chi connectivity index (χ0v) is 9.90. The summed E-state index contributed by atoms with van der Waals surface area (Å²) in [6, 6.07) is -0.354. The summed E-state index contributed by atoms with van der Waals surface area (Å²) in [5.74, 6) is 1.10. The summed E-state index contributed by atoms with van der Waals surface area (Å²) in [5, 5.41) is 0. The topological polar surface area (TPSA) is 38.7 Å². The van der Waals surface area contributed by atoms with Gasteiger partial charge in [-0.05, 0) is 31.6 Å². The monoisotopic (exact) mass is 211 g/mol. The van der Waals surface area contributed by atoms with Gasteiger partial charge in [0, 0.05) is 6.21 Å². The highest BCUT2D eigenvalue weighted by atomic mass is 16.5. The number of carbonyl (C=O) groups is 1. The predicted octanol–water partition coefficient (Wildman–Crippen LogP) is 2.45. The first-order chi connectivity index (χ1) is 7.13. The Bertz CT molecular complexity index is 238. The lowest BCUT2D eigenvalue weighted by molar-refractivity contribution is -0.141. The first-order valence-corrected chi connectivity index (χ1v) is 5.74. The van der Waals surface area contributed by atoms with Crippen LogP contribution in [0.3, 0.4) is 0 Å². The van der Waals surface area contributed by atoms with Crippen LogP contribution in [0, 0.1) is 11.8 Å². The zero-order chi connectivity index (χ0) is 11.3. The Morgan fingerprint density at radius 1 is 1.53 bits per heavy atom. The van der Waals surface area contributed by atoms with E-state index in [-0.39, 0.29) is 12.0 Å². The summed E-state index contributed by atoms with van der Waals surface area (Å²) in [7, 11) is 1.40. The minimum absolute atomic E-state index is 0.255. The van der Waals surface area contributed by atoms with Gasteiger partial charge >= 0.3 is 5.97 Å². The molecule has 1 aliphatic carbocycles. The van der Waals surface area contributed by atoms with Crippen molar-refractivity contribution in [1.29, 1.82) is 0 Å². The molecule has 0 aromatic carbocycles. The molecule has 0 N–H and O–H groups in total. The van der Waals surface area contributed by atoms with Crippen molar-refractivity contribution in [1.82, 2.24) is 0 Å². The standard InChI is InChI=1S/C12H21NO2/c1-9-5-4-6-11(7-9)8-13-10(2)12(14)15-3/h8-11H,4-7H2,1-3H3/t9-,10?,11+/m1/s1. The van der Waals surface area contributed by atoms with Gasteiger partial charge in [0.1, 0.15) is 6.04 Å². The molecule has 1 saturated carbocycles. The molecule has 0 aromatic rings. The van der Waals surface area contributed by atoms with Crippen LogP contribution in [-0.4, -0.2) is 25.3 Å². The molecule has 3 nitrogen and oxygen atoms in total. The Balaban J connectivity index is 2.39. The number of methoxy groups -OCH3 is 1. The number of ether oxygens (including phenoxy) is 1. The third-order valence-electron chi connectivity index (χ3n) is 3.04. The molecule has 3 atom stereocenters. The van der Waals surface area contributed by atoms with Crippen molar-refractivity contribution < 1.29 is 9.53 Å². The van der Waals surface area contributed by atoms with E-state index >= 15 is 0 Å². The summed E-state index contributed by atoms with van der Waals surface area (Å²) in [6.45, 7) is 4.05. The first-order valence-electron chi connectivity index (χ1n) is 5.74. The van der Waals surface area contributed by atoms with Crippen molar-refractivity contribution in [2.75, 3.05) is 7.11 Å². The van der Waals surface area contributed by atoms with Crippen LogP contribution in [0.25, 0.3) is 0 Å². The maximum absolute atomic E-state index is 11.1. The van der Waals surface area contributed by atoms with Crippen LogP contribution in [0.5, 0.6) is 0 Å². The van der Waals surface area contributed by atoms with Gasteiger partial charge in [0.05, 0.1) is 7.11 Å². The third-order valence-corrected chi connectivity index (χ3v) is 3.04. The molecular formula is C12H21NO2. The van der Waals surface area contributed by atoms with Crippen LogP contribution in [0.2, 0.25) is 0 Å². The van der Waals surface area contributed by atoms with E-state index in [0.717, 1.165) is 5.92 Å². The number of nitrogens with zero attached hydrogens (tertiary/aromatic N) is 1. The minimum Gasteiger partial charge on any atom is -0.467 e. The number of hydrogen-bond acceptors (Lipinski definition) is 3. The Morgan fingerprint density at radius 2 is 2.27 bits per heavy atom. The fourth-order valence-corrected chi connectivity index (χ4v) is 2.10. The van der Waals surface area contributed by atoms with Crippen molar-refractivity contribution >= 4 is 12.2 Å². The normalized spacial score (nSPS) is 29.0.